The predicted octanol–water partition coefficient (Wildman–Crippen LogP) is 5.99. The van der Waals surface area contributed by atoms with Crippen LogP contribution in [0.1, 0.15) is 78.6 Å². The van der Waals surface area contributed by atoms with Gasteiger partial charge in [0.05, 0.1) is 11.7 Å². The van der Waals surface area contributed by atoms with Gasteiger partial charge in [0.2, 0.25) is 0 Å². The summed E-state index contributed by atoms with van der Waals surface area (Å²) in [5, 5.41) is 0. The van der Waals surface area contributed by atoms with Crippen LogP contribution in [0.2, 0.25) is 0 Å². The molecule has 2 heteroatoms. The lowest BCUT2D eigenvalue weighted by atomic mass is 9.76. The molecule has 0 aliphatic heterocycles. The fraction of sp³-hybridized carbons (Fsp3) is 1.00. The van der Waals surface area contributed by atoms with Crippen LogP contribution in [0.25, 0.3) is 0 Å². The van der Waals surface area contributed by atoms with Crippen LogP contribution in [0.5, 0.6) is 0 Å². The van der Waals surface area contributed by atoms with E-state index in [-0.39, 0.29) is 5.60 Å². The zero-order valence-electron chi connectivity index (χ0n) is 13.7. The zero-order valence-corrected chi connectivity index (χ0v) is 15.8. The van der Waals surface area contributed by atoms with Crippen LogP contribution < -0.4 is 0 Å². The molecule has 0 saturated heterocycles. The molecule has 20 heavy (non-hydrogen) atoms. The molecule has 0 aromatic heterocycles. The lowest BCUT2D eigenvalue weighted by molar-refractivity contribution is -0.123. The van der Waals surface area contributed by atoms with Crippen molar-refractivity contribution in [2.24, 2.45) is 17.8 Å². The van der Waals surface area contributed by atoms with E-state index < -0.39 is 0 Å². The summed E-state index contributed by atoms with van der Waals surface area (Å²) in [6, 6.07) is 0. The van der Waals surface area contributed by atoms with E-state index in [0.717, 1.165) is 17.8 Å². The Hall–Kier alpha value is 0.690. The number of ether oxygens (including phenoxy) is 1. The quantitative estimate of drug-likeness (QED) is 0.412. The monoisotopic (exact) mass is 392 g/mol. The van der Waals surface area contributed by atoms with Gasteiger partial charge in [-0.05, 0) is 62.7 Å². The molecule has 2 fully saturated rings. The van der Waals surface area contributed by atoms with Crippen molar-refractivity contribution in [2.45, 2.75) is 90.3 Å². The molecular weight excluding hydrogens is 359 g/mol. The lowest BCUT2D eigenvalue weighted by Crippen LogP contribution is -2.43. The third kappa shape index (κ3) is 4.34. The van der Waals surface area contributed by atoms with Crippen LogP contribution in [0, 0.1) is 17.8 Å². The van der Waals surface area contributed by atoms with Gasteiger partial charge in [0.1, 0.15) is 0 Å². The van der Waals surface area contributed by atoms with Crippen molar-refractivity contribution in [3.05, 3.63) is 0 Å². The van der Waals surface area contributed by atoms with Crippen molar-refractivity contribution in [1.29, 1.82) is 0 Å². The molecule has 1 nitrogen and oxygen atoms in total. The van der Waals surface area contributed by atoms with E-state index in [1.54, 1.807) is 0 Å². The number of rotatable bonds is 5. The Labute approximate surface area is 139 Å². The average Bonchev–Trinajstić information content (AvgIpc) is 2.46. The van der Waals surface area contributed by atoms with Gasteiger partial charge in [-0.1, -0.05) is 56.2 Å². The topological polar surface area (TPSA) is 9.23 Å². The van der Waals surface area contributed by atoms with E-state index in [9.17, 15) is 0 Å². The van der Waals surface area contributed by atoms with Crippen molar-refractivity contribution in [3.63, 3.8) is 0 Å². The summed E-state index contributed by atoms with van der Waals surface area (Å²) in [5.41, 5.74) is 0.218. The summed E-state index contributed by atoms with van der Waals surface area (Å²) in [6.45, 7) is 7.14. The first-order valence-corrected chi connectivity index (χ1v) is 10.3. The molecule has 118 valence electrons. The molecule has 2 saturated carbocycles. The third-order valence-corrected chi connectivity index (χ3v) is 7.31. The molecule has 0 bridgehead atoms. The van der Waals surface area contributed by atoms with Crippen molar-refractivity contribution < 1.29 is 4.74 Å². The van der Waals surface area contributed by atoms with Gasteiger partial charge in [0.15, 0.2) is 0 Å². The molecule has 3 unspecified atom stereocenters. The standard InChI is InChI=1S/C18H33IO/c1-4-5-16-8-10-18(13-19,11-9-16)20-17-7-6-14(2)15(3)12-17/h14-17H,4-13H2,1-3H3. The summed E-state index contributed by atoms with van der Waals surface area (Å²) in [7, 11) is 0. The first kappa shape index (κ1) is 17.1. The molecule has 0 aromatic rings. The largest absolute Gasteiger partial charge is 0.371 e. The highest BCUT2D eigenvalue weighted by atomic mass is 127. The SMILES string of the molecule is CCCC1CCC(CI)(OC2CCC(C)C(C)C2)CC1. The molecule has 0 radical (unpaired) electrons. The summed E-state index contributed by atoms with van der Waals surface area (Å²) in [5.74, 6) is 2.71. The van der Waals surface area contributed by atoms with Gasteiger partial charge in [0.25, 0.3) is 0 Å². The Kier molecular flexibility index (Phi) is 6.65. The highest BCUT2D eigenvalue weighted by molar-refractivity contribution is 14.1. The molecule has 0 aromatic carbocycles. The third-order valence-electron chi connectivity index (χ3n) is 5.92. The van der Waals surface area contributed by atoms with Crippen LogP contribution in [-0.2, 0) is 4.74 Å². The highest BCUT2D eigenvalue weighted by Crippen LogP contribution is 2.41. The maximum Gasteiger partial charge on any atom is 0.0775 e. The van der Waals surface area contributed by atoms with Crippen molar-refractivity contribution in [1.82, 2.24) is 0 Å². The maximum atomic E-state index is 6.71. The average molecular weight is 392 g/mol. The fourth-order valence-electron chi connectivity index (χ4n) is 4.14. The van der Waals surface area contributed by atoms with Crippen LogP contribution >= 0.6 is 22.6 Å². The molecule has 2 rings (SSSR count). The van der Waals surface area contributed by atoms with Crippen LogP contribution in [0.3, 0.4) is 0 Å². The lowest BCUT2D eigenvalue weighted by Gasteiger charge is -2.44. The minimum atomic E-state index is 0.218. The van der Waals surface area contributed by atoms with Gasteiger partial charge in [-0.15, -0.1) is 0 Å². The molecule has 2 aliphatic carbocycles. The van der Waals surface area contributed by atoms with Crippen molar-refractivity contribution in [3.8, 4) is 0 Å². The van der Waals surface area contributed by atoms with E-state index in [4.69, 9.17) is 4.74 Å². The van der Waals surface area contributed by atoms with Gasteiger partial charge in [-0.3, -0.25) is 0 Å². The normalized spacial score (nSPS) is 42.6. The molecule has 2 aliphatic rings. The zero-order chi connectivity index (χ0) is 14.6. The second-order valence-electron chi connectivity index (χ2n) is 7.56. The molecule has 3 atom stereocenters. The van der Waals surface area contributed by atoms with Crippen LogP contribution in [0.4, 0.5) is 0 Å². The van der Waals surface area contributed by atoms with E-state index >= 15 is 0 Å². The van der Waals surface area contributed by atoms with Gasteiger partial charge in [0, 0.05) is 4.43 Å². The van der Waals surface area contributed by atoms with Gasteiger partial charge in [-0.25, -0.2) is 0 Å². The predicted molar refractivity (Wildman–Crippen MR) is 95.5 cm³/mol. The summed E-state index contributed by atoms with van der Waals surface area (Å²) >= 11 is 2.57. The Bertz CT molecular complexity index is 283. The summed E-state index contributed by atoms with van der Waals surface area (Å²) in [4.78, 5) is 0. The van der Waals surface area contributed by atoms with Gasteiger partial charge in [-0.2, -0.15) is 0 Å². The number of hydrogen-bond donors (Lipinski definition) is 0. The second kappa shape index (κ2) is 7.80. The van der Waals surface area contributed by atoms with E-state index in [2.05, 4.69) is 43.4 Å². The van der Waals surface area contributed by atoms with Crippen molar-refractivity contribution in [2.75, 3.05) is 4.43 Å². The fourth-order valence-corrected chi connectivity index (χ4v) is 5.08. The number of hydrogen-bond acceptors (Lipinski definition) is 1. The molecule has 0 amide bonds. The molecule has 0 spiro atoms. The minimum Gasteiger partial charge on any atom is -0.371 e. The van der Waals surface area contributed by atoms with E-state index in [1.807, 2.05) is 0 Å². The minimum absolute atomic E-state index is 0.218. The molecule has 0 N–H and O–H groups in total. The smallest absolute Gasteiger partial charge is 0.0775 e. The summed E-state index contributed by atoms with van der Waals surface area (Å²) in [6.07, 6.45) is 12.7. The Morgan fingerprint density at radius 2 is 1.75 bits per heavy atom. The Balaban J connectivity index is 1.86. The number of alkyl halides is 1. The molecule has 0 heterocycles. The Morgan fingerprint density at radius 3 is 2.30 bits per heavy atom. The van der Waals surface area contributed by atoms with Crippen LogP contribution in [0.15, 0.2) is 0 Å². The van der Waals surface area contributed by atoms with Crippen molar-refractivity contribution >= 4 is 22.6 Å². The van der Waals surface area contributed by atoms with Gasteiger partial charge < -0.3 is 4.74 Å². The van der Waals surface area contributed by atoms with E-state index in [1.165, 1.54) is 62.2 Å². The second-order valence-corrected chi connectivity index (χ2v) is 8.32. The molecular formula is C18H33IO. The highest BCUT2D eigenvalue weighted by Gasteiger charge is 2.38. The van der Waals surface area contributed by atoms with E-state index in [0.29, 0.717) is 6.10 Å². The Morgan fingerprint density at radius 1 is 1.05 bits per heavy atom. The number of halogens is 1. The van der Waals surface area contributed by atoms with Crippen LogP contribution in [-0.4, -0.2) is 16.1 Å². The first-order valence-electron chi connectivity index (χ1n) is 8.82. The summed E-state index contributed by atoms with van der Waals surface area (Å²) < 4.78 is 7.89. The first-order chi connectivity index (χ1) is 9.58. The van der Waals surface area contributed by atoms with Gasteiger partial charge >= 0.3 is 0 Å². The maximum absolute atomic E-state index is 6.71.